The van der Waals surface area contributed by atoms with Gasteiger partial charge in [0.2, 0.25) is 0 Å². The lowest BCUT2D eigenvalue weighted by atomic mass is 10.1. The molecule has 138 valence electrons. The van der Waals surface area contributed by atoms with Gasteiger partial charge in [0.1, 0.15) is 11.5 Å². The topological polar surface area (TPSA) is 67.6 Å². The van der Waals surface area contributed by atoms with Gasteiger partial charge in [0.15, 0.2) is 0 Å². The summed E-state index contributed by atoms with van der Waals surface area (Å²) >= 11 is 0. The molecule has 2 aromatic carbocycles. The monoisotopic (exact) mass is 353 g/mol. The average Bonchev–Trinajstić information content (AvgIpc) is 3.13. The van der Waals surface area contributed by atoms with E-state index in [1.54, 1.807) is 18.2 Å². The summed E-state index contributed by atoms with van der Waals surface area (Å²) in [6.07, 6.45) is 2.51. The fourth-order valence-electron chi connectivity index (χ4n) is 3.12. The van der Waals surface area contributed by atoms with E-state index in [1.807, 2.05) is 25.1 Å². The molecule has 5 nitrogen and oxygen atoms in total. The lowest BCUT2D eigenvalue weighted by Gasteiger charge is -2.15. The molecule has 0 aromatic heterocycles. The summed E-state index contributed by atoms with van der Waals surface area (Å²) in [4.78, 5) is 14.7. The third kappa shape index (κ3) is 4.55. The quantitative estimate of drug-likeness (QED) is 0.780. The number of carbonyl (C=O) groups is 1. The lowest BCUT2D eigenvalue weighted by Crippen LogP contribution is -2.33. The molecule has 1 aliphatic heterocycles. The summed E-state index contributed by atoms with van der Waals surface area (Å²) in [5.41, 5.74) is 9.47. The molecule has 3 rings (SSSR count). The molecule has 1 saturated heterocycles. The van der Waals surface area contributed by atoms with E-state index in [4.69, 9.17) is 10.5 Å². The van der Waals surface area contributed by atoms with Crippen molar-refractivity contribution in [1.82, 2.24) is 10.2 Å². The number of hydrogen-bond donors (Lipinski definition) is 2. The van der Waals surface area contributed by atoms with Gasteiger partial charge < -0.3 is 20.7 Å². The predicted octanol–water partition coefficient (Wildman–Crippen LogP) is 3.50. The van der Waals surface area contributed by atoms with Gasteiger partial charge in [0.05, 0.1) is 5.69 Å². The number of benzene rings is 2. The van der Waals surface area contributed by atoms with Crippen molar-refractivity contribution in [3.63, 3.8) is 0 Å². The predicted molar refractivity (Wildman–Crippen MR) is 105 cm³/mol. The van der Waals surface area contributed by atoms with Crippen LogP contribution in [0.2, 0.25) is 0 Å². The van der Waals surface area contributed by atoms with Crippen LogP contribution in [0.3, 0.4) is 0 Å². The molecule has 3 N–H and O–H groups in total. The van der Waals surface area contributed by atoms with E-state index in [2.05, 4.69) is 17.1 Å². The lowest BCUT2D eigenvalue weighted by molar-refractivity contribution is 0.0950. The molecule has 2 aromatic rings. The normalized spacial score (nSPS) is 14.4. The van der Waals surface area contributed by atoms with E-state index in [0.717, 1.165) is 30.9 Å². The van der Waals surface area contributed by atoms with Gasteiger partial charge in [-0.2, -0.15) is 0 Å². The van der Waals surface area contributed by atoms with E-state index < -0.39 is 0 Å². The Labute approximate surface area is 155 Å². The van der Waals surface area contributed by atoms with Crippen LogP contribution in [0.5, 0.6) is 11.5 Å². The Bertz CT molecular complexity index is 783. The first-order valence-corrected chi connectivity index (χ1v) is 9.18. The molecule has 1 amide bonds. The van der Waals surface area contributed by atoms with Crippen molar-refractivity contribution in [3.05, 3.63) is 53.1 Å². The smallest absolute Gasteiger partial charge is 0.251 e. The number of nitrogens with two attached hydrogens (primary N) is 1. The second-order valence-electron chi connectivity index (χ2n) is 6.91. The summed E-state index contributed by atoms with van der Waals surface area (Å²) < 4.78 is 5.86. The fraction of sp³-hybridized carbons (Fsp3) is 0.381. The molecule has 0 aliphatic carbocycles. The Morgan fingerprint density at radius 1 is 1.12 bits per heavy atom. The molecule has 1 heterocycles. The molecule has 0 unspecified atom stereocenters. The van der Waals surface area contributed by atoms with Crippen molar-refractivity contribution in [2.24, 2.45) is 0 Å². The van der Waals surface area contributed by atoms with Gasteiger partial charge in [0.25, 0.3) is 5.91 Å². The SMILES string of the molecule is Cc1ccc(Oc2ccc(C(=O)NCCN3CCCC3)cc2N)cc1C. The number of likely N-dealkylation sites (tertiary alicyclic amines) is 1. The van der Waals surface area contributed by atoms with Crippen LogP contribution in [-0.4, -0.2) is 37.0 Å². The highest BCUT2D eigenvalue weighted by Gasteiger charge is 2.13. The first-order chi connectivity index (χ1) is 12.5. The summed E-state index contributed by atoms with van der Waals surface area (Å²) in [5, 5.41) is 2.96. The van der Waals surface area contributed by atoms with E-state index in [9.17, 15) is 4.79 Å². The molecule has 1 fully saturated rings. The van der Waals surface area contributed by atoms with E-state index in [0.29, 0.717) is 23.5 Å². The Morgan fingerprint density at radius 3 is 2.58 bits per heavy atom. The minimum atomic E-state index is -0.103. The summed E-state index contributed by atoms with van der Waals surface area (Å²) in [7, 11) is 0. The maximum absolute atomic E-state index is 12.3. The minimum Gasteiger partial charge on any atom is -0.455 e. The van der Waals surface area contributed by atoms with Crippen molar-refractivity contribution in [2.75, 3.05) is 31.9 Å². The summed E-state index contributed by atoms with van der Waals surface area (Å²) in [6, 6.07) is 11.1. The third-order valence-electron chi connectivity index (χ3n) is 4.89. The molecule has 5 heteroatoms. The van der Waals surface area contributed by atoms with Gasteiger partial charge in [-0.15, -0.1) is 0 Å². The zero-order valence-electron chi connectivity index (χ0n) is 15.5. The largest absolute Gasteiger partial charge is 0.455 e. The first kappa shape index (κ1) is 18.3. The number of nitrogens with zero attached hydrogens (tertiary/aromatic N) is 1. The first-order valence-electron chi connectivity index (χ1n) is 9.18. The van der Waals surface area contributed by atoms with Crippen molar-refractivity contribution in [3.8, 4) is 11.5 Å². The van der Waals surface area contributed by atoms with Gasteiger partial charge in [-0.1, -0.05) is 6.07 Å². The summed E-state index contributed by atoms with van der Waals surface area (Å²) in [6.45, 7) is 7.92. The van der Waals surface area contributed by atoms with Gasteiger partial charge >= 0.3 is 0 Å². The van der Waals surface area contributed by atoms with Crippen LogP contribution < -0.4 is 15.8 Å². The van der Waals surface area contributed by atoms with Crippen LogP contribution in [0, 0.1) is 13.8 Å². The van der Waals surface area contributed by atoms with E-state index in [1.165, 1.54) is 18.4 Å². The maximum Gasteiger partial charge on any atom is 0.251 e. The Kier molecular flexibility index (Phi) is 5.78. The highest BCUT2D eigenvalue weighted by atomic mass is 16.5. The molecule has 0 spiro atoms. The molecule has 26 heavy (non-hydrogen) atoms. The van der Waals surface area contributed by atoms with Gasteiger partial charge in [-0.3, -0.25) is 4.79 Å². The molecule has 0 radical (unpaired) electrons. The van der Waals surface area contributed by atoms with Crippen molar-refractivity contribution in [2.45, 2.75) is 26.7 Å². The van der Waals surface area contributed by atoms with Crippen molar-refractivity contribution < 1.29 is 9.53 Å². The Hall–Kier alpha value is -2.53. The standard InChI is InChI=1S/C21H27N3O2/c1-15-5-7-18(13-16(15)2)26-20-8-6-17(14-19(20)22)21(25)23-9-12-24-10-3-4-11-24/h5-8,13-14H,3-4,9-12,22H2,1-2H3,(H,23,25). The second-order valence-corrected chi connectivity index (χ2v) is 6.91. The number of carbonyl (C=O) groups excluding carboxylic acids is 1. The molecule has 0 bridgehead atoms. The van der Waals surface area contributed by atoms with Crippen LogP contribution in [0.1, 0.15) is 34.3 Å². The minimum absolute atomic E-state index is 0.103. The van der Waals surface area contributed by atoms with Crippen molar-refractivity contribution >= 4 is 11.6 Å². The van der Waals surface area contributed by atoms with E-state index in [-0.39, 0.29) is 5.91 Å². The summed E-state index contributed by atoms with van der Waals surface area (Å²) in [5.74, 6) is 1.19. The molecular formula is C21H27N3O2. The van der Waals surface area contributed by atoms with Crippen LogP contribution in [-0.2, 0) is 0 Å². The zero-order chi connectivity index (χ0) is 18.5. The van der Waals surface area contributed by atoms with Crippen LogP contribution in [0.4, 0.5) is 5.69 Å². The number of anilines is 1. The number of nitrogen functional groups attached to an aromatic ring is 1. The number of ether oxygens (including phenoxy) is 1. The Balaban J connectivity index is 1.59. The number of rotatable bonds is 6. The van der Waals surface area contributed by atoms with Crippen molar-refractivity contribution in [1.29, 1.82) is 0 Å². The molecule has 1 aliphatic rings. The highest BCUT2D eigenvalue weighted by Crippen LogP contribution is 2.29. The molecule has 0 atom stereocenters. The van der Waals surface area contributed by atoms with Gasteiger partial charge in [0, 0.05) is 18.7 Å². The van der Waals surface area contributed by atoms with Crippen LogP contribution in [0.25, 0.3) is 0 Å². The van der Waals surface area contributed by atoms with Crippen LogP contribution >= 0.6 is 0 Å². The average molecular weight is 353 g/mol. The number of amides is 1. The third-order valence-corrected chi connectivity index (χ3v) is 4.89. The maximum atomic E-state index is 12.3. The van der Waals surface area contributed by atoms with Crippen LogP contribution in [0.15, 0.2) is 36.4 Å². The number of nitrogens with one attached hydrogen (secondary N) is 1. The number of aryl methyl sites for hydroxylation is 2. The highest BCUT2D eigenvalue weighted by molar-refractivity contribution is 5.95. The molecule has 0 saturated carbocycles. The molecular weight excluding hydrogens is 326 g/mol. The number of hydrogen-bond acceptors (Lipinski definition) is 4. The van der Waals surface area contributed by atoms with Gasteiger partial charge in [-0.25, -0.2) is 0 Å². The van der Waals surface area contributed by atoms with Gasteiger partial charge in [-0.05, 0) is 81.2 Å². The second kappa shape index (κ2) is 8.23. The fourth-order valence-corrected chi connectivity index (χ4v) is 3.12. The Morgan fingerprint density at radius 2 is 1.88 bits per heavy atom. The zero-order valence-corrected chi connectivity index (χ0v) is 15.5. The van der Waals surface area contributed by atoms with E-state index >= 15 is 0 Å².